The van der Waals surface area contributed by atoms with Crippen molar-refractivity contribution in [3.8, 4) is 0 Å². The number of ketones is 1. The van der Waals surface area contributed by atoms with Gasteiger partial charge in [0.05, 0.1) is 16.0 Å². The van der Waals surface area contributed by atoms with Gasteiger partial charge in [-0.25, -0.2) is 0 Å². The Labute approximate surface area is 131 Å². The van der Waals surface area contributed by atoms with Gasteiger partial charge in [0.25, 0.3) is 5.69 Å². The quantitative estimate of drug-likeness (QED) is 0.319. The highest BCUT2D eigenvalue weighted by Crippen LogP contribution is 2.15. The van der Waals surface area contributed by atoms with Crippen molar-refractivity contribution in [3.63, 3.8) is 0 Å². The zero-order valence-electron chi connectivity index (χ0n) is 11.9. The standard InChI is InChI=1S/C17H11N3O3/c21-17(13-3-5-14(6-4-13)20(22)23)8-2-12-1-7-15-16(11-12)19-10-9-18-15/h1-11H/b8-2+. The minimum absolute atomic E-state index is 0.0429. The molecule has 0 aliphatic rings. The van der Waals surface area contributed by atoms with Gasteiger partial charge in [-0.15, -0.1) is 0 Å². The van der Waals surface area contributed by atoms with Crippen LogP contribution in [0.1, 0.15) is 15.9 Å². The van der Waals surface area contributed by atoms with E-state index in [0.29, 0.717) is 5.56 Å². The van der Waals surface area contributed by atoms with Gasteiger partial charge in [-0.05, 0) is 35.9 Å². The molecule has 0 amide bonds. The summed E-state index contributed by atoms with van der Waals surface area (Å²) in [5.41, 5.74) is 2.71. The highest BCUT2D eigenvalue weighted by molar-refractivity contribution is 6.07. The van der Waals surface area contributed by atoms with E-state index in [1.807, 2.05) is 18.2 Å². The Bertz CT molecular complexity index is 918. The molecule has 0 saturated carbocycles. The number of aromatic nitrogens is 2. The Kier molecular flexibility index (Phi) is 3.88. The van der Waals surface area contributed by atoms with Crippen molar-refractivity contribution in [3.05, 3.63) is 82.2 Å². The van der Waals surface area contributed by atoms with Crippen molar-refractivity contribution in [2.24, 2.45) is 0 Å². The van der Waals surface area contributed by atoms with Crippen LogP contribution in [-0.4, -0.2) is 20.7 Å². The highest BCUT2D eigenvalue weighted by Gasteiger charge is 2.07. The third-order valence-electron chi connectivity index (χ3n) is 3.28. The number of carbonyl (C=O) groups excluding carboxylic acids is 1. The van der Waals surface area contributed by atoms with Crippen LogP contribution in [0, 0.1) is 10.1 Å². The SMILES string of the molecule is O=C(/C=C/c1ccc2nccnc2c1)c1ccc([N+](=O)[O-])cc1. The Morgan fingerprint density at radius 3 is 2.39 bits per heavy atom. The lowest BCUT2D eigenvalue weighted by atomic mass is 10.1. The van der Waals surface area contributed by atoms with Crippen molar-refractivity contribution >= 4 is 28.6 Å². The van der Waals surface area contributed by atoms with Gasteiger partial charge < -0.3 is 0 Å². The first-order chi connectivity index (χ1) is 11.1. The Balaban J connectivity index is 1.80. The molecular weight excluding hydrogens is 294 g/mol. The molecule has 0 radical (unpaired) electrons. The van der Waals surface area contributed by atoms with Crippen LogP contribution in [0.15, 0.2) is 60.9 Å². The number of hydrogen-bond acceptors (Lipinski definition) is 5. The van der Waals surface area contributed by atoms with E-state index < -0.39 is 4.92 Å². The topological polar surface area (TPSA) is 86.0 Å². The van der Waals surface area contributed by atoms with Crippen LogP contribution in [-0.2, 0) is 0 Å². The molecule has 112 valence electrons. The number of fused-ring (bicyclic) bond motifs is 1. The predicted octanol–water partition coefficient (Wildman–Crippen LogP) is 3.43. The maximum absolute atomic E-state index is 12.1. The van der Waals surface area contributed by atoms with Gasteiger partial charge in [-0.1, -0.05) is 12.1 Å². The lowest BCUT2D eigenvalue weighted by molar-refractivity contribution is -0.384. The third kappa shape index (κ3) is 3.26. The van der Waals surface area contributed by atoms with E-state index in [-0.39, 0.29) is 11.5 Å². The summed E-state index contributed by atoms with van der Waals surface area (Å²) in [5, 5.41) is 10.6. The summed E-state index contributed by atoms with van der Waals surface area (Å²) in [4.78, 5) is 30.6. The summed E-state index contributed by atoms with van der Waals surface area (Å²) in [6, 6.07) is 11.0. The zero-order valence-corrected chi connectivity index (χ0v) is 11.9. The van der Waals surface area contributed by atoms with Gasteiger partial charge >= 0.3 is 0 Å². The lowest BCUT2D eigenvalue weighted by Gasteiger charge is -1.98. The highest BCUT2D eigenvalue weighted by atomic mass is 16.6. The van der Waals surface area contributed by atoms with E-state index in [0.717, 1.165) is 16.6 Å². The first-order valence-corrected chi connectivity index (χ1v) is 6.81. The molecule has 0 aliphatic carbocycles. The normalized spacial score (nSPS) is 11.0. The van der Waals surface area contributed by atoms with Crippen LogP contribution in [0.2, 0.25) is 0 Å². The fraction of sp³-hybridized carbons (Fsp3) is 0. The Hall–Kier alpha value is -3.41. The van der Waals surface area contributed by atoms with Crippen LogP contribution >= 0.6 is 0 Å². The van der Waals surface area contributed by atoms with E-state index in [9.17, 15) is 14.9 Å². The number of benzene rings is 2. The number of nitro groups is 1. The second kappa shape index (κ2) is 6.15. The molecule has 0 aliphatic heterocycles. The molecule has 0 saturated heterocycles. The molecular formula is C17H11N3O3. The number of nitro benzene ring substituents is 1. The maximum atomic E-state index is 12.1. The summed E-state index contributed by atoms with van der Waals surface area (Å²) >= 11 is 0. The van der Waals surface area contributed by atoms with E-state index >= 15 is 0 Å². The van der Waals surface area contributed by atoms with Gasteiger partial charge in [-0.2, -0.15) is 0 Å². The smallest absolute Gasteiger partial charge is 0.269 e. The fourth-order valence-corrected chi connectivity index (χ4v) is 2.10. The molecule has 3 aromatic rings. The summed E-state index contributed by atoms with van der Waals surface area (Å²) in [6.07, 6.45) is 6.34. The predicted molar refractivity (Wildman–Crippen MR) is 86.0 cm³/mol. The molecule has 0 N–H and O–H groups in total. The maximum Gasteiger partial charge on any atom is 0.269 e. The number of non-ortho nitro benzene ring substituents is 1. The molecule has 6 nitrogen and oxygen atoms in total. The number of carbonyl (C=O) groups is 1. The molecule has 0 bridgehead atoms. The Morgan fingerprint density at radius 1 is 1.00 bits per heavy atom. The average molecular weight is 305 g/mol. The molecule has 6 heteroatoms. The van der Waals surface area contributed by atoms with Crippen LogP contribution in [0.4, 0.5) is 5.69 Å². The van der Waals surface area contributed by atoms with E-state index in [4.69, 9.17) is 0 Å². The fourth-order valence-electron chi connectivity index (χ4n) is 2.10. The van der Waals surface area contributed by atoms with Crippen molar-refractivity contribution in [2.45, 2.75) is 0 Å². The minimum atomic E-state index is -0.500. The first kappa shape index (κ1) is 14.5. The third-order valence-corrected chi connectivity index (χ3v) is 3.28. The van der Waals surface area contributed by atoms with Crippen molar-refractivity contribution in [2.75, 3.05) is 0 Å². The Morgan fingerprint density at radius 2 is 1.70 bits per heavy atom. The van der Waals surface area contributed by atoms with E-state index in [1.165, 1.54) is 30.3 Å². The van der Waals surface area contributed by atoms with Crippen molar-refractivity contribution in [1.82, 2.24) is 9.97 Å². The second-order valence-corrected chi connectivity index (χ2v) is 4.81. The second-order valence-electron chi connectivity index (χ2n) is 4.81. The molecule has 2 aromatic carbocycles. The number of hydrogen-bond donors (Lipinski definition) is 0. The average Bonchev–Trinajstić information content (AvgIpc) is 2.59. The monoisotopic (exact) mass is 305 g/mol. The molecule has 23 heavy (non-hydrogen) atoms. The largest absolute Gasteiger partial charge is 0.289 e. The van der Waals surface area contributed by atoms with Crippen molar-refractivity contribution in [1.29, 1.82) is 0 Å². The number of rotatable bonds is 4. The van der Waals surface area contributed by atoms with Crippen molar-refractivity contribution < 1.29 is 9.72 Å². The zero-order chi connectivity index (χ0) is 16.2. The van der Waals surface area contributed by atoms with Gasteiger partial charge in [0.1, 0.15) is 0 Å². The van der Waals surface area contributed by atoms with E-state index in [2.05, 4.69) is 9.97 Å². The molecule has 0 atom stereocenters. The molecule has 3 rings (SSSR count). The molecule has 0 spiro atoms. The van der Waals surface area contributed by atoms with Gasteiger partial charge in [-0.3, -0.25) is 24.9 Å². The van der Waals surface area contributed by atoms with Crippen LogP contribution in [0.25, 0.3) is 17.1 Å². The van der Waals surface area contributed by atoms with Crippen LogP contribution in [0.3, 0.4) is 0 Å². The van der Waals surface area contributed by atoms with Crippen LogP contribution < -0.4 is 0 Å². The number of nitrogens with zero attached hydrogens (tertiary/aromatic N) is 3. The number of allylic oxidation sites excluding steroid dienone is 1. The van der Waals surface area contributed by atoms with Gasteiger partial charge in [0, 0.05) is 30.1 Å². The van der Waals surface area contributed by atoms with Crippen LogP contribution in [0.5, 0.6) is 0 Å². The van der Waals surface area contributed by atoms with E-state index in [1.54, 1.807) is 18.5 Å². The van der Waals surface area contributed by atoms with Gasteiger partial charge in [0.15, 0.2) is 5.78 Å². The summed E-state index contributed by atoms with van der Waals surface area (Å²) in [5.74, 6) is -0.223. The molecule has 0 unspecified atom stereocenters. The summed E-state index contributed by atoms with van der Waals surface area (Å²) in [7, 11) is 0. The van der Waals surface area contributed by atoms with Gasteiger partial charge in [0.2, 0.25) is 0 Å². The molecule has 1 heterocycles. The minimum Gasteiger partial charge on any atom is -0.289 e. The molecule has 1 aromatic heterocycles. The lowest BCUT2D eigenvalue weighted by Crippen LogP contribution is -1.95. The summed E-state index contributed by atoms with van der Waals surface area (Å²) < 4.78 is 0. The molecule has 0 fully saturated rings. The summed E-state index contributed by atoms with van der Waals surface area (Å²) in [6.45, 7) is 0. The first-order valence-electron chi connectivity index (χ1n) is 6.81.